The zero-order chi connectivity index (χ0) is 22.0. The highest BCUT2D eigenvalue weighted by Crippen LogP contribution is 2.30. The number of aryl methyl sites for hydroxylation is 1. The fourth-order valence-electron chi connectivity index (χ4n) is 3.98. The molecule has 7 heteroatoms. The number of aromatic nitrogens is 2. The topological polar surface area (TPSA) is 72.3 Å². The van der Waals surface area contributed by atoms with Crippen LogP contribution in [0.3, 0.4) is 0 Å². The molecule has 0 N–H and O–H groups in total. The Morgan fingerprint density at radius 1 is 1.13 bits per heavy atom. The predicted molar refractivity (Wildman–Crippen MR) is 122 cm³/mol. The van der Waals surface area contributed by atoms with Crippen LogP contribution in [-0.4, -0.2) is 47.1 Å². The zero-order valence-corrected chi connectivity index (χ0v) is 18.7. The van der Waals surface area contributed by atoms with Crippen LogP contribution >= 0.6 is 0 Å². The Bertz CT molecular complexity index is 1170. The largest absolute Gasteiger partial charge is 0.333 e. The van der Waals surface area contributed by atoms with Gasteiger partial charge in [-0.2, -0.15) is 5.10 Å². The Hall–Kier alpha value is -2.93. The van der Waals surface area contributed by atoms with E-state index in [4.69, 9.17) is 0 Å². The van der Waals surface area contributed by atoms with E-state index in [1.165, 1.54) is 0 Å². The SMILES string of the molecule is CCN(Cc1ccccc1)C(=O)c1cc(-c2ccc(C)cc2)n([C@@H]2CCS(=O)(=O)C2)n1. The molecular formula is C24H27N3O3S. The summed E-state index contributed by atoms with van der Waals surface area (Å²) in [7, 11) is -3.08. The van der Waals surface area contributed by atoms with Gasteiger partial charge in [-0.1, -0.05) is 60.2 Å². The molecule has 1 aliphatic rings. The number of amides is 1. The van der Waals surface area contributed by atoms with Crippen molar-refractivity contribution in [3.63, 3.8) is 0 Å². The standard InChI is InChI=1S/C24H27N3O3S/c1-3-26(16-19-7-5-4-6-8-19)24(28)22-15-23(20-11-9-18(2)10-12-20)27(25-22)21-13-14-31(29,30)17-21/h4-12,15,21H,3,13-14,16-17H2,1-2H3/t21-/m1/s1. The van der Waals surface area contributed by atoms with E-state index in [1.807, 2.05) is 68.4 Å². The third-order valence-electron chi connectivity index (χ3n) is 5.74. The maximum atomic E-state index is 13.3. The second-order valence-electron chi connectivity index (χ2n) is 8.09. The van der Waals surface area contributed by atoms with Crippen LogP contribution in [-0.2, 0) is 16.4 Å². The van der Waals surface area contributed by atoms with Crippen molar-refractivity contribution in [1.82, 2.24) is 14.7 Å². The highest BCUT2D eigenvalue weighted by Gasteiger charge is 2.32. The van der Waals surface area contributed by atoms with Gasteiger partial charge in [0.15, 0.2) is 15.5 Å². The third-order valence-corrected chi connectivity index (χ3v) is 7.49. The van der Waals surface area contributed by atoms with E-state index in [1.54, 1.807) is 15.6 Å². The van der Waals surface area contributed by atoms with Crippen molar-refractivity contribution >= 4 is 15.7 Å². The highest BCUT2D eigenvalue weighted by atomic mass is 32.2. The fraction of sp³-hybridized carbons (Fsp3) is 0.333. The van der Waals surface area contributed by atoms with E-state index in [2.05, 4.69) is 5.10 Å². The molecule has 2 aromatic carbocycles. The molecule has 1 atom stereocenters. The van der Waals surface area contributed by atoms with E-state index in [-0.39, 0.29) is 23.5 Å². The second-order valence-corrected chi connectivity index (χ2v) is 10.3. The van der Waals surface area contributed by atoms with Gasteiger partial charge in [0.1, 0.15) is 0 Å². The molecule has 0 radical (unpaired) electrons. The Balaban J connectivity index is 1.70. The Labute approximate surface area is 183 Å². The van der Waals surface area contributed by atoms with Crippen LogP contribution < -0.4 is 0 Å². The second kappa shape index (κ2) is 8.67. The molecule has 0 unspecified atom stereocenters. The van der Waals surface area contributed by atoms with Gasteiger partial charge in [0.05, 0.1) is 23.2 Å². The minimum absolute atomic E-state index is 0.0582. The number of sulfone groups is 1. The van der Waals surface area contributed by atoms with Crippen molar-refractivity contribution in [2.45, 2.75) is 32.9 Å². The molecule has 0 saturated carbocycles. The van der Waals surface area contributed by atoms with Crippen LogP contribution in [0.15, 0.2) is 60.7 Å². The lowest BCUT2D eigenvalue weighted by Gasteiger charge is -2.20. The Morgan fingerprint density at radius 3 is 2.45 bits per heavy atom. The average Bonchev–Trinajstić information content (AvgIpc) is 3.36. The van der Waals surface area contributed by atoms with Crippen molar-refractivity contribution < 1.29 is 13.2 Å². The molecule has 1 amide bonds. The van der Waals surface area contributed by atoms with Gasteiger partial charge >= 0.3 is 0 Å². The molecule has 6 nitrogen and oxygen atoms in total. The smallest absolute Gasteiger partial charge is 0.274 e. The maximum absolute atomic E-state index is 13.3. The maximum Gasteiger partial charge on any atom is 0.274 e. The molecule has 31 heavy (non-hydrogen) atoms. The summed E-state index contributed by atoms with van der Waals surface area (Å²) in [6, 6.07) is 19.4. The monoisotopic (exact) mass is 437 g/mol. The lowest BCUT2D eigenvalue weighted by atomic mass is 10.1. The quantitative estimate of drug-likeness (QED) is 0.587. The van der Waals surface area contributed by atoms with Crippen molar-refractivity contribution in [2.75, 3.05) is 18.1 Å². The van der Waals surface area contributed by atoms with Crippen molar-refractivity contribution in [2.24, 2.45) is 0 Å². The molecule has 1 aliphatic heterocycles. The molecule has 1 saturated heterocycles. The predicted octanol–water partition coefficient (Wildman–Crippen LogP) is 3.88. The van der Waals surface area contributed by atoms with Gasteiger partial charge in [0, 0.05) is 13.1 Å². The number of carbonyl (C=O) groups excluding carboxylic acids is 1. The van der Waals surface area contributed by atoms with Crippen LogP contribution in [0.25, 0.3) is 11.3 Å². The first-order chi connectivity index (χ1) is 14.9. The molecule has 2 heterocycles. The molecule has 4 rings (SSSR count). The summed E-state index contributed by atoms with van der Waals surface area (Å²) in [5, 5.41) is 4.63. The summed E-state index contributed by atoms with van der Waals surface area (Å²) >= 11 is 0. The van der Waals surface area contributed by atoms with E-state index < -0.39 is 9.84 Å². The summed E-state index contributed by atoms with van der Waals surface area (Å²) < 4.78 is 25.9. The number of hydrogen-bond donors (Lipinski definition) is 0. The minimum atomic E-state index is -3.08. The van der Waals surface area contributed by atoms with Gasteiger partial charge in [-0.05, 0) is 37.5 Å². The van der Waals surface area contributed by atoms with Gasteiger partial charge in [0.2, 0.25) is 0 Å². The summed E-state index contributed by atoms with van der Waals surface area (Å²) in [6.07, 6.45) is 0.512. The van der Waals surface area contributed by atoms with Gasteiger partial charge in [-0.15, -0.1) is 0 Å². The van der Waals surface area contributed by atoms with Crippen molar-refractivity contribution in [3.05, 3.63) is 77.5 Å². The van der Waals surface area contributed by atoms with Gasteiger partial charge in [-0.3, -0.25) is 9.48 Å². The van der Waals surface area contributed by atoms with E-state index in [9.17, 15) is 13.2 Å². The Kier molecular flexibility index (Phi) is 5.96. The number of benzene rings is 2. The number of rotatable bonds is 6. The van der Waals surface area contributed by atoms with Crippen LogP contribution in [0.1, 0.15) is 41.0 Å². The molecule has 1 fully saturated rings. The lowest BCUT2D eigenvalue weighted by molar-refractivity contribution is 0.0745. The minimum Gasteiger partial charge on any atom is -0.333 e. The van der Waals surface area contributed by atoms with Crippen molar-refractivity contribution in [3.8, 4) is 11.3 Å². The van der Waals surface area contributed by atoms with Gasteiger partial charge < -0.3 is 4.90 Å². The van der Waals surface area contributed by atoms with Crippen LogP contribution in [0.4, 0.5) is 0 Å². The molecule has 162 valence electrons. The summed E-state index contributed by atoms with van der Waals surface area (Å²) in [5.41, 5.74) is 4.23. The Morgan fingerprint density at radius 2 is 1.84 bits per heavy atom. The molecule has 0 aliphatic carbocycles. The van der Waals surface area contributed by atoms with Crippen molar-refractivity contribution in [1.29, 1.82) is 0 Å². The first kappa shape index (κ1) is 21.3. The van der Waals surface area contributed by atoms with Crippen LogP contribution in [0, 0.1) is 6.92 Å². The number of hydrogen-bond acceptors (Lipinski definition) is 4. The fourth-order valence-corrected chi connectivity index (χ4v) is 5.67. The molecule has 0 bridgehead atoms. The molecule has 3 aromatic rings. The summed E-state index contributed by atoms with van der Waals surface area (Å²) in [5.74, 6) is 0.0608. The molecule has 1 aromatic heterocycles. The normalized spacial score (nSPS) is 17.5. The first-order valence-electron chi connectivity index (χ1n) is 10.6. The first-order valence-corrected chi connectivity index (χ1v) is 12.4. The van der Waals surface area contributed by atoms with E-state index in [0.717, 1.165) is 22.4 Å². The number of nitrogens with zero attached hydrogens (tertiary/aromatic N) is 3. The van der Waals surface area contributed by atoms with Crippen LogP contribution in [0.5, 0.6) is 0 Å². The molecule has 0 spiro atoms. The highest BCUT2D eigenvalue weighted by molar-refractivity contribution is 7.91. The summed E-state index contributed by atoms with van der Waals surface area (Å²) in [6.45, 7) is 5.02. The summed E-state index contributed by atoms with van der Waals surface area (Å²) in [4.78, 5) is 15.1. The van der Waals surface area contributed by atoms with Gasteiger partial charge in [0.25, 0.3) is 5.91 Å². The average molecular weight is 438 g/mol. The van der Waals surface area contributed by atoms with E-state index in [0.29, 0.717) is 25.2 Å². The third kappa shape index (κ3) is 4.71. The molecular weight excluding hydrogens is 410 g/mol. The van der Waals surface area contributed by atoms with E-state index >= 15 is 0 Å². The number of carbonyl (C=O) groups is 1. The van der Waals surface area contributed by atoms with Crippen LogP contribution in [0.2, 0.25) is 0 Å². The zero-order valence-electron chi connectivity index (χ0n) is 17.9. The lowest BCUT2D eigenvalue weighted by Crippen LogP contribution is -2.30. The van der Waals surface area contributed by atoms with Gasteiger partial charge in [-0.25, -0.2) is 8.42 Å².